The molecular weight excluding hydrogens is 306 g/mol. The first-order valence-electron chi connectivity index (χ1n) is 8.89. The Kier molecular flexibility index (Phi) is 5.76. The Morgan fingerprint density at radius 3 is 2.62 bits per heavy atom. The molecule has 0 aromatic heterocycles. The van der Waals surface area contributed by atoms with E-state index in [9.17, 15) is 5.11 Å². The maximum Gasteiger partial charge on any atom is 0.119 e. The summed E-state index contributed by atoms with van der Waals surface area (Å²) in [6.45, 7) is 4.31. The summed E-state index contributed by atoms with van der Waals surface area (Å²) in [6, 6.07) is 9.87. The van der Waals surface area contributed by atoms with E-state index in [1.807, 2.05) is 30.3 Å². The molecule has 0 spiro atoms. The Morgan fingerprint density at radius 1 is 1.17 bits per heavy atom. The fraction of sp³-hybridized carbons (Fsp3) is 0.684. The van der Waals surface area contributed by atoms with E-state index in [0.29, 0.717) is 39.2 Å². The van der Waals surface area contributed by atoms with Gasteiger partial charge in [0.1, 0.15) is 18.0 Å². The van der Waals surface area contributed by atoms with Crippen LogP contribution in [0, 0.1) is 0 Å². The number of methoxy groups -OCH3 is 1. The van der Waals surface area contributed by atoms with Gasteiger partial charge in [-0.25, -0.2) is 0 Å². The third kappa shape index (κ3) is 4.48. The van der Waals surface area contributed by atoms with Gasteiger partial charge in [-0.15, -0.1) is 0 Å². The second-order valence-corrected chi connectivity index (χ2v) is 7.14. The highest BCUT2D eigenvalue weighted by atomic mass is 16.5. The van der Waals surface area contributed by atoms with Gasteiger partial charge in [0.05, 0.1) is 5.60 Å². The minimum Gasteiger partial charge on any atom is -0.491 e. The van der Waals surface area contributed by atoms with Gasteiger partial charge in [0.25, 0.3) is 0 Å². The molecule has 1 N–H and O–H groups in total. The summed E-state index contributed by atoms with van der Waals surface area (Å²) < 4.78 is 17.2. The van der Waals surface area contributed by atoms with Gasteiger partial charge in [-0.1, -0.05) is 18.2 Å². The van der Waals surface area contributed by atoms with Crippen LogP contribution in [0.1, 0.15) is 25.7 Å². The molecule has 0 amide bonds. The predicted octanol–water partition coefficient (Wildman–Crippen LogP) is 2.09. The van der Waals surface area contributed by atoms with Crippen molar-refractivity contribution < 1.29 is 19.3 Å². The second-order valence-electron chi connectivity index (χ2n) is 7.14. The normalized spacial score (nSPS) is 27.8. The van der Waals surface area contributed by atoms with Crippen molar-refractivity contribution in [3.8, 4) is 5.75 Å². The zero-order valence-electron chi connectivity index (χ0n) is 14.6. The first-order chi connectivity index (χ1) is 11.6. The molecule has 0 unspecified atom stereocenters. The number of hydrogen-bond acceptors (Lipinski definition) is 5. The molecule has 2 fully saturated rings. The number of ether oxygens (including phenoxy) is 3. The highest BCUT2D eigenvalue weighted by molar-refractivity contribution is 5.21. The van der Waals surface area contributed by atoms with Crippen molar-refractivity contribution in [2.45, 2.75) is 36.9 Å². The van der Waals surface area contributed by atoms with Crippen LogP contribution in [0.2, 0.25) is 0 Å². The molecule has 2 saturated heterocycles. The molecule has 24 heavy (non-hydrogen) atoms. The van der Waals surface area contributed by atoms with Crippen molar-refractivity contribution in [3.05, 3.63) is 30.3 Å². The molecule has 2 heterocycles. The van der Waals surface area contributed by atoms with Gasteiger partial charge in [-0.2, -0.15) is 0 Å². The van der Waals surface area contributed by atoms with Crippen molar-refractivity contribution in [2.24, 2.45) is 0 Å². The zero-order chi connectivity index (χ0) is 16.9. The Balaban J connectivity index is 1.59. The molecule has 0 radical (unpaired) electrons. The average molecular weight is 335 g/mol. The number of rotatable bonds is 6. The van der Waals surface area contributed by atoms with Crippen molar-refractivity contribution in [1.82, 2.24) is 4.90 Å². The maximum atomic E-state index is 10.8. The fourth-order valence-corrected chi connectivity index (χ4v) is 3.73. The van der Waals surface area contributed by atoms with Crippen molar-refractivity contribution in [2.75, 3.05) is 46.6 Å². The molecule has 5 heteroatoms. The van der Waals surface area contributed by atoms with Crippen LogP contribution in [0.15, 0.2) is 30.3 Å². The third-order valence-corrected chi connectivity index (χ3v) is 5.24. The molecule has 134 valence electrons. The standard InChI is InChI=1S/C19H29NO4/c1-22-19(16-24-17-6-3-2-4-7-17)8-5-11-20(15-19)14-18(21)9-12-23-13-10-18/h2-4,6-7,21H,5,8-16H2,1H3/t19-/m0/s1. The minimum atomic E-state index is -0.630. The molecule has 2 aliphatic heterocycles. The van der Waals surface area contributed by atoms with Gasteiger partial charge in [-0.05, 0) is 31.5 Å². The van der Waals surface area contributed by atoms with E-state index in [2.05, 4.69) is 4.90 Å². The van der Waals surface area contributed by atoms with E-state index in [4.69, 9.17) is 14.2 Å². The first-order valence-corrected chi connectivity index (χ1v) is 8.89. The highest BCUT2D eigenvalue weighted by Crippen LogP contribution is 2.29. The molecule has 0 saturated carbocycles. The Morgan fingerprint density at radius 2 is 1.92 bits per heavy atom. The number of piperidine rings is 1. The lowest BCUT2D eigenvalue weighted by atomic mass is 9.89. The molecular formula is C19H29NO4. The van der Waals surface area contributed by atoms with Gasteiger partial charge >= 0.3 is 0 Å². The van der Waals surface area contributed by atoms with Gasteiger partial charge in [-0.3, -0.25) is 4.90 Å². The summed E-state index contributed by atoms with van der Waals surface area (Å²) in [5.41, 5.74) is -0.940. The molecule has 0 aliphatic carbocycles. The number of benzene rings is 1. The Hall–Kier alpha value is -1.14. The molecule has 1 aromatic carbocycles. The van der Waals surface area contributed by atoms with Crippen LogP contribution in [-0.2, 0) is 9.47 Å². The van der Waals surface area contributed by atoms with E-state index >= 15 is 0 Å². The number of aliphatic hydroxyl groups is 1. The molecule has 1 aromatic rings. The zero-order valence-corrected chi connectivity index (χ0v) is 14.6. The monoisotopic (exact) mass is 335 g/mol. The SMILES string of the molecule is CO[C@@]1(COc2ccccc2)CCCN(CC2(O)CCOCC2)C1. The van der Waals surface area contributed by atoms with Crippen molar-refractivity contribution in [1.29, 1.82) is 0 Å². The first kappa shape index (κ1) is 17.7. The number of hydrogen-bond donors (Lipinski definition) is 1. The number of nitrogens with zero attached hydrogens (tertiary/aromatic N) is 1. The quantitative estimate of drug-likeness (QED) is 0.863. The summed E-state index contributed by atoms with van der Waals surface area (Å²) in [5, 5.41) is 10.8. The van der Waals surface area contributed by atoms with Crippen LogP contribution in [0.25, 0.3) is 0 Å². The van der Waals surface area contributed by atoms with E-state index in [1.54, 1.807) is 7.11 Å². The maximum absolute atomic E-state index is 10.8. The van der Waals surface area contributed by atoms with Crippen molar-refractivity contribution >= 4 is 0 Å². The molecule has 2 aliphatic rings. The predicted molar refractivity (Wildman–Crippen MR) is 92.4 cm³/mol. The van der Waals surface area contributed by atoms with E-state index in [-0.39, 0.29) is 5.60 Å². The molecule has 1 atom stereocenters. The Bertz CT molecular complexity index is 503. The van der Waals surface area contributed by atoms with E-state index in [0.717, 1.165) is 31.7 Å². The summed E-state index contributed by atoms with van der Waals surface area (Å²) in [6.07, 6.45) is 3.46. The largest absolute Gasteiger partial charge is 0.491 e. The number of β-amino-alcohol motifs (C(OH)–C–C–N with tert-alkyl or cyclic N) is 1. The lowest BCUT2D eigenvalue weighted by molar-refractivity contribution is -0.120. The summed E-state index contributed by atoms with van der Waals surface area (Å²) in [7, 11) is 1.76. The summed E-state index contributed by atoms with van der Waals surface area (Å²) >= 11 is 0. The van der Waals surface area contributed by atoms with Crippen LogP contribution in [-0.4, -0.2) is 67.8 Å². The van der Waals surface area contributed by atoms with Gasteiger partial charge in [0, 0.05) is 46.3 Å². The smallest absolute Gasteiger partial charge is 0.119 e. The van der Waals surface area contributed by atoms with Crippen LogP contribution in [0.3, 0.4) is 0 Å². The molecule has 0 bridgehead atoms. The summed E-state index contributed by atoms with van der Waals surface area (Å²) in [4.78, 5) is 2.33. The summed E-state index contributed by atoms with van der Waals surface area (Å²) in [5.74, 6) is 0.870. The number of para-hydroxylation sites is 1. The lowest BCUT2D eigenvalue weighted by Crippen LogP contribution is -2.57. The van der Waals surface area contributed by atoms with E-state index < -0.39 is 5.60 Å². The van der Waals surface area contributed by atoms with E-state index in [1.165, 1.54) is 0 Å². The lowest BCUT2D eigenvalue weighted by Gasteiger charge is -2.45. The van der Waals surface area contributed by atoms with Crippen LogP contribution in [0.4, 0.5) is 0 Å². The Labute approximate surface area is 144 Å². The third-order valence-electron chi connectivity index (χ3n) is 5.24. The van der Waals surface area contributed by atoms with Gasteiger partial charge in [0.2, 0.25) is 0 Å². The topological polar surface area (TPSA) is 51.2 Å². The number of likely N-dealkylation sites (tertiary alicyclic amines) is 1. The fourth-order valence-electron chi connectivity index (χ4n) is 3.73. The van der Waals surface area contributed by atoms with Gasteiger partial charge in [0.15, 0.2) is 0 Å². The van der Waals surface area contributed by atoms with Crippen LogP contribution >= 0.6 is 0 Å². The highest BCUT2D eigenvalue weighted by Gasteiger charge is 2.40. The average Bonchev–Trinajstić information content (AvgIpc) is 2.61. The van der Waals surface area contributed by atoms with Crippen LogP contribution < -0.4 is 4.74 Å². The minimum absolute atomic E-state index is 0.310. The van der Waals surface area contributed by atoms with Crippen molar-refractivity contribution in [3.63, 3.8) is 0 Å². The second kappa shape index (κ2) is 7.83. The van der Waals surface area contributed by atoms with Crippen LogP contribution in [0.5, 0.6) is 5.75 Å². The molecule has 5 nitrogen and oxygen atoms in total. The van der Waals surface area contributed by atoms with Gasteiger partial charge < -0.3 is 19.3 Å². The molecule has 3 rings (SSSR count).